The molecule has 0 N–H and O–H groups in total. The van der Waals surface area contributed by atoms with Crippen LogP contribution in [0.3, 0.4) is 0 Å². The Morgan fingerprint density at radius 2 is 1.94 bits per heavy atom. The smallest absolute Gasteiger partial charge is 0.333 e. The molecular formula is C12H18O4. The zero-order valence-corrected chi connectivity index (χ0v) is 9.66. The lowest BCUT2D eigenvalue weighted by atomic mass is 10.1. The van der Waals surface area contributed by atoms with Crippen molar-refractivity contribution in [1.29, 1.82) is 0 Å². The van der Waals surface area contributed by atoms with E-state index < -0.39 is 5.97 Å². The van der Waals surface area contributed by atoms with Crippen LogP contribution < -0.4 is 0 Å². The van der Waals surface area contributed by atoms with Crippen molar-refractivity contribution in [2.45, 2.75) is 26.2 Å². The molecule has 0 aromatic carbocycles. The molecule has 0 rings (SSSR count). The van der Waals surface area contributed by atoms with E-state index in [9.17, 15) is 9.59 Å². The molecular weight excluding hydrogens is 208 g/mol. The van der Waals surface area contributed by atoms with Gasteiger partial charge in [0.05, 0.1) is 13.2 Å². The molecule has 4 nitrogen and oxygen atoms in total. The lowest BCUT2D eigenvalue weighted by Crippen LogP contribution is -2.07. The highest BCUT2D eigenvalue weighted by atomic mass is 16.5. The van der Waals surface area contributed by atoms with Crippen LogP contribution in [0, 0.1) is 0 Å². The van der Waals surface area contributed by atoms with Gasteiger partial charge in [-0.15, -0.1) is 0 Å². The van der Waals surface area contributed by atoms with E-state index in [0.717, 1.165) is 12.5 Å². The second-order valence-corrected chi connectivity index (χ2v) is 3.15. The molecule has 0 amide bonds. The fourth-order valence-electron chi connectivity index (χ4n) is 1.01. The Bertz CT molecular complexity index is 268. The van der Waals surface area contributed by atoms with Crippen molar-refractivity contribution in [3.8, 4) is 0 Å². The first-order chi connectivity index (χ1) is 7.61. The molecule has 0 atom stereocenters. The summed E-state index contributed by atoms with van der Waals surface area (Å²) in [5, 5.41) is 0. The van der Waals surface area contributed by atoms with E-state index in [1.807, 2.05) is 0 Å². The number of hydrogen-bond donors (Lipinski definition) is 0. The van der Waals surface area contributed by atoms with Crippen molar-refractivity contribution >= 4 is 11.9 Å². The fraction of sp³-hybridized carbons (Fsp3) is 0.500. The van der Waals surface area contributed by atoms with Gasteiger partial charge in [-0.2, -0.15) is 0 Å². The first-order valence-corrected chi connectivity index (χ1v) is 5.25. The minimum atomic E-state index is -0.427. The van der Waals surface area contributed by atoms with Crippen LogP contribution >= 0.6 is 0 Å². The Labute approximate surface area is 95.9 Å². The average molecular weight is 226 g/mol. The Balaban J connectivity index is 3.51. The summed E-state index contributed by atoms with van der Waals surface area (Å²) in [4.78, 5) is 21.8. The maximum atomic E-state index is 11.1. The summed E-state index contributed by atoms with van der Waals surface area (Å²) in [5.41, 5.74) is 0.455. The number of ether oxygens (including phenoxy) is 2. The first kappa shape index (κ1) is 14.4. The van der Waals surface area contributed by atoms with Crippen molar-refractivity contribution in [3.63, 3.8) is 0 Å². The van der Waals surface area contributed by atoms with Gasteiger partial charge in [-0.05, 0) is 26.2 Å². The van der Waals surface area contributed by atoms with Gasteiger partial charge in [-0.3, -0.25) is 0 Å². The van der Waals surface area contributed by atoms with Crippen LogP contribution in [0.5, 0.6) is 0 Å². The summed E-state index contributed by atoms with van der Waals surface area (Å²) in [6.45, 7) is 9.35. The van der Waals surface area contributed by atoms with E-state index >= 15 is 0 Å². The Hall–Kier alpha value is -1.58. The number of carbonyl (C=O) groups excluding carboxylic acids is 2. The lowest BCUT2D eigenvalue weighted by Gasteiger charge is -2.05. The van der Waals surface area contributed by atoms with Crippen LogP contribution in [0.25, 0.3) is 0 Å². The van der Waals surface area contributed by atoms with Crippen molar-refractivity contribution in [1.82, 2.24) is 0 Å². The quantitative estimate of drug-likeness (QED) is 0.361. The fourth-order valence-corrected chi connectivity index (χ4v) is 1.01. The number of unbranched alkanes of at least 4 members (excludes halogenated alkanes) is 1. The van der Waals surface area contributed by atoms with E-state index in [1.165, 1.54) is 0 Å². The molecule has 0 aromatic rings. The second kappa shape index (κ2) is 8.71. The van der Waals surface area contributed by atoms with Crippen LogP contribution in [-0.2, 0) is 19.1 Å². The Morgan fingerprint density at radius 3 is 2.50 bits per heavy atom. The van der Waals surface area contributed by atoms with E-state index in [0.29, 0.717) is 31.6 Å². The van der Waals surface area contributed by atoms with E-state index in [2.05, 4.69) is 13.2 Å². The third-order valence-electron chi connectivity index (χ3n) is 1.85. The van der Waals surface area contributed by atoms with Crippen molar-refractivity contribution in [3.05, 3.63) is 24.8 Å². The highest BCUT2D eigenvalue weighted by molar-refractivity contribution is 5.87. The maximum Gasteiger partial charge on any atom is 0.333 e. The molecule has 0 radical (unpaired) electrons. The summed E-state index contributed by atoms with van der Waals surface area (Å²) >= 11 is 0. The third kappa shape index (κ3) is 6.81. The van der Waals surface area contributed by atoms with E-state index in [4.69, 9.17) is 9.47 Å². The predicted molar refractivity (Wildman–Crippen MR) is 60.8 cm³/mol. The van der Waals surface area contributed by atoms with Crippen LogP contribution in [0.4, 0.5) is 0 Å². The number of rotatable bonds is 8. The summed E-state index contributed by atoms with van der Waals surface area (Å²) in [6, 6.07) is 0. The topological polar surface area (TPSA) is 52.6 Å². The number of carbonyl (C=O) groups is 2. The molecule has 0 heterocycles. The number of esters is 2. The van der Waals surface area contributed by atoms with Gasteiger partial charge in [-0.1, -0.05) is 13.2 Å². The van der Waals surface area contributed by atoms with Gasteiger partial charge in [0.1, 0.15) is 0 Å². The van der Waals surface area contributed by atoms with Gasteiger partial charge >= 0.3 is 11.9 Å². The maximum absolute atomic E-state index is 11.1. The summed E-state index contributed by atoms with van der Waals surface area (Å²) in [6.07, 6.45) is 3.11. The first-order valence-electron chi connectivity index (χ1n) is 5.25. The second-order valence-electron chi connectivity index (χ2n) is 3.15. The van der Waals surface area contributed by atoms with Crippen LogP contribution in [-0.4, -0.2) is 25.2 Å². The Kier molecular flexibility index (Phi) is 7.85. The normalized spacial score (nSPS) is 9.31. The standard InChI is InChI=1S/C12H18O4/c1-4-11(13)16-9-7-6-8-10(3)12(14)15-5-2/h4H,1,3,5-9H2,2H3. The van der Waals surface area contributed by atoms with Gasteiger partial charge in [0, 0.05) is 11.6 Å². The predicted octanol–water partition coefficient (Wildman–Crippen LogP) is 2.01. The molecule has 0 aromatic heterocycles. The largest absolute Gasteiger partial charge is 0.463 e. The summed E-state index contributed by atoms with van der Waals surface area (Å²) < 4.78 is 9.56. The molecule has 0 aliphatic heterocycles. The molecule has 4 heteroatoms. The summed E-state index contributed by atoms with van der Waals surface area (Å²) in [7, 11) is 0. The summed E-state index contributed by atoms with van der Waals surface area (Å²) in [5.74, 6) is -0.783. The van der Waals surface area contributed by atoms with Crippen molar-refractivity contribution in [2.24, 2.45) is 0 Å². The molecule has 0 aliphatic carbocycles. The van der Waals surface area contributed by atoms with Gasteiger partial charge in [0.2, 0.25) is 0 Å². The molecule has 0 bridgehead atoms. The molecule has 16 heavy (non-hydrogen) atoms. The van der Waals surface area contributed by atoms with Crippen LogP contribution in [0.15, 0.2) is 24.8 Å². The minimum absolute atomic E-state index is 0.334. The number of hydrogen-bond acceptors (Lipinski definition) is 4. The highest BCUT2D eigenvalue weighted by Gasteiger charge is 2.06. The third-order valence-corrected chi connectivity index (χ3v) is 1.85. The minimum Gasteiger partial charge on any atom is -0.463 e. The molecule has 90 valence electrons. The van der Waals surface area contributed by atoms with Gasteiger partial charge in [0.15, 0.2) is 0 Å². The zero-order valence-electron chi connectivity index (χ0n) is 9.66. The van der Waals surface area contributed by atoms with Gasteiger partial charge < -0.3 is 9.47 Å². The van der Waals surface area contributed by atoms with E-state index in [-0.39, 0.29) is 5.97 Å². The van der Waals surface area contributed by atoms with Crippen LogP contribution in [0.2, 0.25) is 0 Å². The monoisotopic (exact) mass is 226 g/mol. The van der Waals surface area contributed by atoms with Crippen LogP contribution in [0.1, 0.15) is 26.2 Å². The highest BCUT2D eigenvalue weighted by Crippen LogP contribution is 2.07. The van der Waals surface area contributed by atoms with Crippen molar-refractivity contribution in [2.75, 3.05) is 13.2 Å². The van der Waals surface area contributed by atoms with Gasteiger partial charge in [0.25, 0.3) is 0 Å². The van der Waals surface area contributed by atoms with Crippen molar-refractivity contribution < 1.29 is 19.1 Å². The molecule has 0 saturated carbocycles. The molecule has 0 unspecified atom stereocenters. The molecule has 0 aliphatic rings. The van der Waals surface area contributed by atoms with E-state index in [1.54, 1.807) is 6.92 Å². The molecule has 0 fully saturated rings. The average Bonchev–Trinajstić information content (AvgIpc) is 2.28. The zero-order chi connectivity index (χ0) is 12.4. The Morgan fingerprint density at radius 1 is 1.25 bits per heavy atom. The molecule has 0 spiro atoms. The molecule has 0 saturated heterocycles. The lowest BCUT2D eigenvalue weighted by molar-refractivity contribution is -0.139. The SMILES string of the molecule is C=CC(=O)OCCCCC(=C)C(=O)OCC. The van der Waals surface area contributed by atoms with Gasteiger partial charge in [-0.25, -0.2) is 9.59 Å².